The summed E-state index contributed by atoms with van der Waals surface area (Å²) in [5.74, 6) is 1.15. The molecule has 2 amide bonds. The Labute approximate surface area is 129 Å². The summed E-state index contributed by atoms with van der Waals surface area (Å²) in [5.41, 5.74) is 1.28. The van der Waals surface area contributed by atoms with Gasteiger partial charge in [0.25, 0.3) is 0 Å². The smallest absolute Gasteiger partial charge is 0.320 e. The SMILES string of the molecule is O=C(Nc1ccc(NCCc2ccccc2)nn1)NC1CC1. The second-order valence-electron chi connectivity index (χ2n) is 5.34. The molecule has 0 bridgehead atoms. The lowest BCUT2D eigenvalue weighted by atomic mass is 10.1. The van der Waals surface area contributed by atoms with E-state index in [4.69, 9.17) is 0 Å². The van der Waals surface area contributed by atoms with Gasteiger partial charge in [-0.2, -0.15) is 0 Å². The Morgan fingerprint density at radius 3 is 2.45 bits per heavy atom. The first-order chi connectivity index (χ1) is 10.8. The van der Waals surface area contributed by atoms with Crippen molar-refractivity contribution in [2.75, 3.05) is 17.2 Å². The number of amides is 2. The second-order valence-corrected chi connectivity index (χ2v) is 5.34. The molecule has 0 atom stereocenters. The van der Waals surface area contributed by atoms with Gasteiger partial charge in [0, 0.05) is 12.6 Å². The number of nitrogens with one attached hydrogen (secondary N) is 3. The van der Waals surface area contributed by atoms with Gasteiger partial charge in [-0.1, -0.05) is 30.3 Å². The van der Waals surface area contributed by atoms with E-state index in [-0.39, 0.29) is 6.03 Å². The molecule has 1 aromatic heterocycles. The van der Waals surface area contributed by atoms with Gasteiger partial charge in [-0.3, -0.25) is 5.32 Å². The van der Waals surface area contributed by atoms with Gasteiger partial charge in [0.15, 0.2) is 5.82 Å². The fraction of sp³-hybridized carbons (Fsp3) is 0.312. The fourth-order valence-corrected chi connectivity index (χ4v) is 2.04. The summed E-state index contributed by atoms with van der Waals surface area (Å²) < 4.78 is 0. The number of anilines is 2. The molecule has 1 heterocycles. The Kier molecular flexibility index (Phi) is 4.48. The summed E-state index contributed by atoms with van der Waals surface area (Å²) in [6.45, 7) is 0.785. The van der Waals surface area contributed by atoms with Crippen LogP contribution in [0.25, 0.3) is 0 Å². The summed E-state index contributed by atoms with van der Waals surface area (Å²) >= 11 is 0. The molecule has 0 radical (unpaired) electrons. The van der Waals surface area contributed by atoms with Crippen LogP contribution >= 0.6 is 0 Å². The van der Waals surface area contributed by atoms with Gasteiger partial charge < -0.3 is 10.6 Å². The number of aromatic nitrogens is 2. The van der Waals surface area contributed by atoms with Crippen molar-refractivity contribution in [2.45, 2.75) is 25.3 Å². The molecule has 0 aliphatic heterocycles. The maximum Gasteiger partial charge on any atom is 0.320 e. The number of carbonyl (C=O) groups excluding carboxylic acids is 1. The summed E-state index contributed by atoms with van der Waals surface area (Å²) in [6.07, 6.45) is 3.04. The van der Waals surface area contributed by atoms with E-state index in [2.05, 4.69) is 38.3 Å². The van der Waals surface area contributed by atoms with Crippen molar-refractivity contribution in [3.8, 4) is 0 Å². The molecule has 1 aliphatic carbocycles. The van der Waals surface area contributed by atoms with E-state index in [0.29, 0.717) is 17.7 Å². The average molecular weight is 297 g/mol. The lowest BCUT2D eigenvalue weighted by Crippen LogP contribution is -2.30. The number of nitrogens with zero attached hydrogens (tertiary/aromatic N) is 2. The van der Waals surface area contributed by atoms with Gasteiger partial charge in [-0.25, -0.2) is 4.79 Å². The third-order valence-corrected chi connectivity index (χ3v) is 3.38. The van der Waals surface area contributed by atoms with Crippen LogP contribution < -0.4 is 16.0 Å². The molecule has 0 unspecified atom stereocenters. The van der Waals surface area contributed by atoms with Gasteiger partial charge >= 0.3 is 6.03 Å². The molecular formula is C16H19N5O. The molecule has 1 aromatic carbocycles. The van der Waals surface area contributed by atoms with Crippen molar-refractivity contribution in [1.82, 2.24) is 15.5 Å². The Bertz CT molecular complexity index is 610. The Hall–Kier alpha value is -2.63. The van der Waals surface area contributed by atoms with Crippen LogP contribution in [0.4, 0.5) is 16.4 Å². The maximum absolute atomic E-state index is 11.6. The molecule has 2 aromatic rings. The molecule has 1 fully saturated rings. The Balaban J connectivity index is 1.43. The van der Waals surface area contributed by atoms with Crippen molar-refractivity contribution < 1.29 is 4.79 Å². The Morgan fingerprint density at radius 2 is 1.77 bits per heavy atom. The third-order valence-electron chi connectivity index (χ3n) is 3.38. The van der Waals surface area contributed by atoms with E-state index in [1.54, 1.807) is 6.07 Å². The molecule has 22 heavy (non-hydrogen) atoms. The van der Waals surface area contributed by atoms with E-state index in [9.17, 15) is 4.79 Å². The van der Waals surface area contributed by atoms with Crippen LogP contribution in [-0.2, 0) is 6.42 Å². The zero-order valence-electron chi connectivity index (χ0n) is 12.2. The van der Waals surface area contributed by atoms with Crippen LogP contribution in [0.5, 0.6) is 0 Å². The van der Waals surface area contributed by atoms with Crippen LogP contribution in [0.2, 0.25) is 0 Å². The predicted molar refractivity (Wildman–Crippen MR) is 85.8 cm³/mol. The van der Waals surface area contributed by atoms with Crippen LogP contribution in [0, 0.1) is 0 Å². The van der Waals surface area contributed by atoms with E-state index in [1.807, 2.05) is 24.3 Å². The first-order valence-corrected chi connectivity index (χ1v) is 7.48. The first-order valence-electron chi connectivity index (χ1n) is 7.48. The van der Waals surface area contributed by atoms with Crippen molar-refractivity contribution in [2.24, 2.45) is 0 Å². The topological polar surface area (TPSA) is 78.9 Å². The van der Waals surface area contributed by atoms with Crippen molar-refractivity contribution in [1.29, 1.82) is 0 Å². The van der Waals surface area contributed by atoms with Crippen LogP contribution in [0.3, 0.4) is 0 Å². The molecule has 0 saturated heterocycles. The van der Waals surface area contributed by atoms with E-state index in [0.717, 1.165) is 25.8 Å². The Morgan fingerprint density at radius 1 is 1.05 bits per heavy atom. The van der Waals surface area contributed by atoms with Crippen molar-refractivity contribution in [3.05, 3.63) is 48.0 Å². The van der Waals surface area contributed by atoms with E-state index in [1.165, 1.54) is 5.56 Å². The zero-order chi connectivity index (χ0) is 15.2. The number of urea groups is 1. The molecular weight excluding hydrogens is 278 g/mol. The zero-order valence-corrected chi connectivity index (χ0v) is 12.2. The number of hydrogen-bond acceptors (Lipinski definition) is 4. The largest absolute Gasteiger partial charge is 0.368 e. The summed E-state index contributed by atoms with van der Waals surface area (Å²) in [5, 5.41) is 16.8. The monoisotopic (exact) mass is 297 g/mol. The average Bonchev–Trinajstić information content (AvgIpc) is 3.34. The van der Waals surface area contributed by atoms with Crippen molar-refractivity contribution in [3.63, 3.8) is 0 Å². The van der Waals surface area contributed by atoms with Gasteiger partial charge in [-0.05, 0) is 37.0 Å². The van der Waals surface area contributed by atoms with Gasteiger partial charge in [0.2, 0.25) is 0 Å². The summed E-state index contributed by atoms with van der Waals surface area (Å²) in [4.78, 5) is 11.6. The molecule has 6 nitrogen and oxygen atoms in total. The highest BCUT2D eigenvalue weighted by Gasteiger charge is 2.23. The van der Waals surface area contributed by atoms with Crippen LogP contribution in [0.1, 0.15) is 18.4 Å². The minimum atomic E-state index is -0.221. The minimum Gasteiger partial charge on any atom is -0.368 e. The highest BCUT2D eigenvalue weighted by Crippen LogP contribution is 2.18. The first kappa shape index (κ1) is 14.3. The molecule has 114 valence electrons. The predicted octanol–water partition coefficient (Wildman–Crippen LogP) is 2.42. The molecule has 3 N–H and O–H groups in total. The van der Waals surface area contributed by atoms with Gasteiger partial charge in [0.1, 0.15) is 5.82 Å². The van der Waals surface area contributed by atoms with Crippen LogP contribution in [0.15, 0.2) is 42.5 Å². The molecule has 6 heteroatoms. The lowest BCUT2D eigenvalue weighted by molar-refractivity contribution is 0.251. The minimum absolute atomic E-state index is 0.221. The molecule has 0 spiro atoms. The molecule has 1 saturated carbocycles. The highest BCUT2D eigenvalue weighted by atomic mass is 16.2. The molecule has 1 aliphatic rings. The summed E-state index contributed by atoms with van der Waals surface area (Å²) in [7, 11) is 0. The standard InChI is InChI=1S/C16H19N5O/c22-16(18-13-6-7-13)19-15-9-8-14(20-21-15)17-11-10-12-4-2-1-3-5-12/h1-5,8-9,13H,6-7,10-11H2,(H,17,20)(H2,18,19,21,22). The van der Waals surface area contributed by atoms with Gasteiger partial charge in [0.05, 0.1) is 0 Å². The fourth-order valence-electron chi connectivity index (χ4n) is 2.04. The maximum atomic E-state index is 11.6. The number of hydrogen-bond donors (Lipinski definition) is 3. The number of carbonyl (C=O) groups is 1. The van der Waals surface area contributed by atoms with Crippen LogP contribution in [-0.4, -0.2) is 28.8 Å². The normalized spacial score (nSPS) is 13.5. The summed E-state index contributed by atoms with van der Waals surface area (Å²) in [6, 6.07) is 13.9. The molecule has 3 rings (SSSR count). The number of benzene rings is 1. The van der Waals surface area contributed by atoms with Gasteiger partial charge in [-0.15, -0.1) is 10.2 Å². The highest BCUT2D eigenvalue weighted by molar-refractivity contribution is 5.88. The number of rotatable bonds is 6. The van der Waals surface area contributed by atoms with E-state index < -0.39 is 0 Å². The van der Waals surface area contributed by atoms with E-state index >= 15 is 0 Å². The second kappa shape index (κ2) is 6.89. The third kappa shape index (κ3) is 4.44. The van der Waals surface area contributed by atoms with Crippen molar-refractivity contribution >= 4 is 17.7 Å². The quantitative estimate of drug-likeness (QED) is 0.765. The lowest BCUT2D eigenvalue weighted by Gasteiger charge is -2.07.